The lowest BCUT2D eigenvalue weighted by Crippen LogP contribution is -2.50. The first-order valence-corrected chi connectivity index (χ1v) is 11.1. The summed E-state index contributed by atoms with van der Waals surface area (Å²) in [5, 5.41) is 4.30. The van der Waals surface area contributed by atoms with Gasteiger partial charge < -0.3 is 9.64 Å². The van der Waals surface area contributed by atoms with Crippen molar-refractivity contribution in [1.29, 1.82) is 0 Å². The normalized spacial score (nSPS) is 16.4. The van der Waals surface area contributed by atoms with Crippen molar-refractivity contribution in [3.63, 3.8) is 0 Å². The molecule has 0 N–H and O–H groups in total. The first-order valence-electron chi connectivity index (χ1n) is 11.1. The minimum absolute atomic E-state index is 0.0818. The van der Waals surface area contributed by atoms with Gasteiger partial charge in [-0.25, -0.2) is 4.39 Å². The zero-order valence-corrected chi connectivity index (χ0v) is 19.5. The third-order valence-electron chi connectivity index (χ3n) is 5.99. The van der Waals surface area contributed by atoms with E-state index in [2.05, 4.69) is 5.10 Å². The van der Waals surface area contributed by atoms with E-state index in [1.54, 1.807) is 11.0 Å². The highest BCUT2D eigenvalue weighted by Crippen LogP contribution is 2.40. The fourth-order valence-corrected chi connectivity index (χ4v) is 4.53. The molecule has 0 fully saturated rings. The molecule has 176 valence electrons. The Balaban J connectivity index is 2.00. The molecular weight excluding hydrogens is 437 g/mol. The number of carbonyl (C=O) groups is 2. The van der Waals surface area contributed by atoms with Crippen molar-refractivity contribution >= 4 is 11.9 Å². The number of hydrogen-bond donors (Lipinski definition) is 0. The number of aryl methyl sites for hydroxylation is 1. The number of amides is 1. The maximum Gasteiger partial charge on any atom is 0.308 e. The van der Waals surface area contributed by atoms with Crippen LogP contribution < -0.4 is 10.2 Å². The van der Waals surface area contributed by atoms with Crippen molar-refractivity contribution < 1.29 is 18.7 Å². The van der Waals surface area contributed by atoms with Gasteiger partial charge in [0.1, 0.15) is 5.82 Å². The zero-order valence-electron chi connectivity index (χ0n) is 19.5. The fourth-order valence-electron chi connectivity index (χ4n) is 4.53. The number of esters is 1. The van der Waals surface area contributed by atoms with Crippen LogP contribution in [-0.4, -0.2) is 39.1 Å². The Bertz CT molecular complexity index is 1270. The molecule has 2 atom stereocenters. The molecule has 0 spiro atoms. The Labute approximate surface area is 196 Å². The Hall–Kier alpha value is -3.81. The summed E-state index contributed by atoms with van der Waals surface area (Å²) >= 11 is 0. The van der Waals surface area contributed by atoms with E-state index >= 15 is 0 Å². The first-order chi connectivity index (χ1) is 16.2. The minimum Gasteiger partial charge on any atom is -0.420 e. The molecule has 0 bridgehead atoms. The molecule has 0 radical (unpaired) electrons. The van der Waals surface area contributed by atoms with Gasteiger partial charge in [-0.1, -0.05) is 42.0 Å². The summed E-state index contributed by atoms with van der Waals surface area (Å²) in [5.74, 6) is -2.28. The third kappa shape index (κ3) is 4.35. The number of rotatable bonds is 5. The second kappa shape index (κ2) is 9.21. The van der Waals surface area contributed by atoms with Crippen molar-refractivity contribution in [2.45, 2.75) is 45.7 Å². The molecule has 2 aromatic carbocycles. The minimum atomic E-state index is -0.711. The molecule has 0 saturated heterocycles. The van der Waals surface area contributed by atoms with E-state index in [-0.39, 0.29) is 29.8 Å². The molecule has 7 nitrogen and oxygen atoms in total. The lowest BCUT2D eigenvalue weighted by Gasteiger charge is -2.41. The average Bonchev–Trinajstić information content (AvgIpc) is 2.77. The zero-order chi connectivity index (χ0) is 24.6. The molecule has 8 heteroatoms. The van der Waals surface area contributed by atoms with E-state index in [1.807, 2.05) is 51.1 Å². The highest BCUT2D eigenvalue weighted by Gasteiger charge is 2.41. The van der Waals surface area contributed by atoms with Crippen LogP contribution in [0.4, 0.5) is 4.39 Å². The number of aromatic nitrogens is 2. The monoisotopic (exact) mass is 463 g/mol. The Kier molecular flexibility index (Phi) is 6.32. The molecule has 1 amide bonds. The summed E-state index contributed by atoms with van der Waals surface area (Å²) in [7, 11) is 0. The number of benzene rings is 2. The Morgan fingerprint density at radius 3 is 2.41 bits per heavy atom. The highest BCUT2D eigenvalue weighted by atomic mass is 19.1. The highest BCUT2D eigenvalue weighted by molar-refractivity contribution is 5.96. The Morgan fingerprint density at radius 1 is 1.12 bits per heavy atom. The summed E-state index contributed by atoms with van der Waals surface area (Å²) in [6.07, 6.45) is 1.05. The standard InChI is InChI=1S/C26H26FN3O4/c1-15(2)29-14-21(30-24(26(29)33)25(34-17(4)31)22(32)13-28-30)23(18-8-5-7-16(3)11-18)19-9-6-10-20(27)12-19/h5-13,15,21,23H,14H2,1-4H3. The second-order valence-electron chi connectivity index (χ2n) is 8.79. The van der Waals surface area contributed by atoms with Crippen molar-refractivity contribution in [3.8, 4) is 5.75 Å². The summed E-state index contributed by atoms with van der Waals surface area (Å²) in [4.78, 5) is 39.4. The van der Waals surface area contributed by atoms with Gasteiger partial charge in [-0.15, -0.1) is 0 Å². The summed E-state index contributed by atoms with van der Waals surface area (Å²) in [6, 6.07) is 13.5. The van der Waals surface area contributed by atoms with Gasteiger partial charge >= 0.3 is 5.97 Å². The number of halogens is 1. The van der Waals surface area contributed by atoms with Crippen LogP contribution in [0.15, 0.2) is 59.5 Å². The molecule has 2 heterocycles. The molecule has 1 aliphatic rings. The SMILES string of the molecule is CC(=O)Oc1c2n(ncc1=O)C(C(c1cccc(C)c1)c1cccc(F)c1)CN(C(C)C)C2=O. The quantitative estimate of drug-likeness (QED) is 0.537. The van der Waals surface area contributed by atoms with Crippen LogP contribution >= 0.6 is 0 Å². The van der Waals surface area contributed by atoms with Crippen molar-refractivity contribution in [3.05, 3.63) is 93.2 Å². The van der Waals surface area contributed by atoms with Crippen molar-refractivity contribution in [2.75, 3.05) is 6.54 Å². The molecule has 1 aromatic heterocycles. The Morgan fingerprint density at radius 2 is 1.79 bits per heavy atom. The van der Waals surface area contributed by atoms with E-state index in [4.69, 9.17) is 4.74 Å². The smallest absolute Gasteiger partial charge is 0.308 e. The molecule has 2 unspecified atom stereocenters. The molecule has 34 heavy (non-hydrogen) atoms. The molecule has 1 aliphatic heterocycles. The van der Waals surface area contributed by atoms with E-state index < -0.39 is 29.3 Å². The number of hydrogen-bond acceptors (Lipinski definition) is 5. The first kappa shape index (κ1) is 23.4. The average molecular weight is 464 g/mol. The van der Waals surface area contributed by atoms with Crippen LogP contribution in [-0.2, 0) is 4.79 Å². The predicted octanol–water partition coefficient (Wildman–Crippen LogP) is 3.85. The van der Waals surface area contributed by atoms with E-state index in [0.29, 0.717) is 5.56 Å². The maximum absolute atomic E-state index is 14.3. The fraction of sp³-hybridized carbons (Fsp3) is 0.308. The molecule has 4 rings (SSSR count). The van der Waals surface area contributed by atoms with Gasteiger partial charge in [-0.05, 0) is 44.0 Å². The van der Waals surface area contributed by atoms with Crippen LogP contribution in [0.5, 0.6) is 5.75 Å². The molecule has 3 aromatic rings. The lowest BCUT2D eigenvalue weighted by molar-refractivity contribution is -0.132. The van der Waals surface area contributed by atoms with Crippen molar-refractivity contribution in [1.82, 2.24) is 14.7 Å². The largest absolute Gasteiger partial charge is 0.420 e. The lowest BCUT2D eigenvalue weighted by atomic mass is 9.83. The summed E-state index contributed by atoms with van der Waals surface area (Å²) in [6.45, 7) is 7.15. The molecular formula is C26H26FN3O4. The van der Waals surface area contributed by atoms with Gasteiger partial charge in [0.25, 0.3) is 5.91 Å². The molecule has 0 aliphatic carbocycles. The van der Waals surface area contributed by atoms with Gasteiger partial charge in [0.2, 0.25) is 11.2 Å². The molecule has 0 saturated carbocycles. The van der Waals surface area contributed by atoms with E-state index in [9.17, 15) is 18.8 Å². The summed E-state index contributed by atoms with van der Waals surface area (Å²) < 4.78 is 21.0. The second-order valence-corrected chi connectivity index (χ2v) is 8.79. The van der Waals surface area contributed by atoms with E-state index in [1.165, 1.54) is 23.7 Å². The van der Waals surface area contributed by atoms with Crippen LogP contribution in [0.3, 0.4) is 0 Å². The van der Waals surface area contributed by atoms with Crippen LogP contribution in [0.2, 0.25) is 0 Å². The number of ether oxygens (including phenoxy) is 1. The van der Waals surface area contributed by atoms with E-state index in [0.717, 1.165) is 17.3 Å². The van der Waals surface area contributed by atoms with Gasteiger partial charge in [-0.2, -0.15) is 5.10 Å². The maximum atomic E-state index is 14.3. The number of nitrogens with zero attached hydrogens (tertiary/aromatic N) is 3. The van der Waals surface area contributed by atoms with Crippen molar-refractivity contribution in [2.24, 2.45) is 0 Å². The van der Waals surface area contributed by atoms with Crippen LogP contribution in [0.1, 0.15) is 59.9 Å². The van der Waals surface area contributed by atoms with Gasteiger partial charge in [0.05, 0.1) is 12.2 Å². The predicted molar refractivity (Wildman–Crippen MR) is 124 cm³/mol. The number of carbonyl (C=O) groups excluding carboxylic acids is 2. The third-order valence-corrected chi connectivity index (χ3v) is 5.99. The van der Waals surface area contributed by atoms with Gasteiger partial charge in [-0.3, -0.25) is 19.1 Å². The van der Waals surface area contributed by atoms with Gasteiger partial charge in [0, 0.05) is 25.4 Å². The topological polar surface area (TPSA) is 81.5 Å². The van der Waals surface area contributed by atoms with Crippen LogP contribution in [0.25, 0.3) is 0 Å². The number of fused-ring (bicyclic) bond motifs is 1. The van der Waals surface area contributed by atoms with Gasteiger partial charge in [0.15, 0.2) is 5.69 Å². The van der Waals surface area contributed by atoms with Crippen LogP contribution in [0, 0.1) is 12.7 Å². The summed E-state index contributed by atoms with van der Waals surface area (Å²) in [5.41, 5.74) is 1.90.